The summed E-state index contributed by atoms with van der Waals surface area (Å²) in [6.07, 6.45) is 6.99. The van der Waals surface area contributed by atoms with Crippen molar-refractivity contribution in [1.82, 2.24) is 19.8 Å². The van der Waals surface area contributed by atoms with Crippen molar-refractivity contribution >= 4 is 29.3 Å². The Bertz CT molecular complexity index is 1350. The van der Waals surface area contributed by atoms with Crippen LogP contribution in [0.15, 0.2) is 59.7 Å². The maximum atomic E-state index is 12.8. The Morgan fingerprint density at radius 1 is 1.11 bits per heavy atom. The molecule has 1 saturated heterocycles. The molecule has 0 atom stereocenters. The van der Waals surface area contributed by atoms with Crippen LogP contribution in [0.3, 0.4) is 0 Å². The van der Waals surface area contributed by atoms with Gasteiger partial charge in [-0.05, 0) is 53.8 Å². The van der Waals surface area contributed by atoms with Crippen molar-refractivity contribution < 1.29 is 14.3 Å². The largest absolute Gasteiger partial charge is 0.487 e. The lowest BCUT2D eigenvalue weighted by Gasteiger charge is -2.27. The first-order valence-corrected chi connectivity index (χ1v) is 12.8. The zero-order valence-corrected chi connectivity index (χ0v) is 21.2. The molecule has 1 aliphatic carbocycles. The van der Waals surface area contributed by atoms with Crippen molar-refractivity contribution in [2.45, 2.75) is 26.0 Å². The van der Waals surface area contributed by atoms with E-state index in [2.05, 4.69) is 34.6 Å². The van der Waals surface area contributed by atoms with E-state index in [4.69, 9.17) is 21.1 Å². The van der Waals surface area contributed by atoms with Gasteiger partial charge in [0.2, 0.25) is 5.91 Å². The number of nitrogens with zero attached hydrogens (tertiary/aromatic N) is 3. The lowest BCUT2D eigenvalue weighted by atomic mass is 9.93. The second kappa shape index (κ2) is 11.7. The van der Waals surface area contributed by atoms with Crippen molar-refractivity contribution in [2.24, 2.45) is 0 Å². The molecule has 2 aliphatic rings. The molecule has 9 heteroatoms. The number of fused-ring (bicyclic) bond motifs is 1. The molecule has 5 rings (SSSR count). The van der Waals surface area contributed by atoms with E-state index in [1.165, 1.54) is 11.6 Å². The fraction of sp³-hybridized carbons (Fsp3) is 0.321. The van der Waals surface area contributed by atoms with Gasteiger partial charge in [0.05, 0.1) is 30.5 Å². The molecule has 1 N–H and O–H groups in total. The molecule has 3 aromatic rings. The standard InChI is InChI=1S/C28H29ClN4O4/c29-23-4-5-24(31-17-23)19-37-26-7-8-33(27(34)15-26)25-6-3-21-13-20(1-2-22(21)14-25)16-30-18-28(35)32-9-11-36-12-10-32/h1-2,4-5,7-8,13-15,17,30H,3,6,9-12,16,18-19H2. The van der Waals surface area contributed by atoms with Crippen molar-refractivity contribution in [1.29, 1.82) is 0 Å². The molecule has 1 amide bonds. The van der Waals surface area contributed by atoms with Gasteiger partial charge in [-0.15, -0.1) is 0 Å². The van der Waals surface area contributed by atoms with E-state index in [0.717, 1.165) is 35.4 Å². The Balaban J connectivity index is 1.18. The van der Waals surface area contributed by atoms with Crippen LogP contribution < -0.4 is 15.6 Å². The molecule has 3 heterocycles. The van der Waals surface area contributed by atoms with E-state index >= 15 is 0 Å². The number of rotatable bonds is 8. The summed E-state index contributed by atoms with van der Waals surface area (Å²) in [6.45, 7) is 3.75. The second-order valence-electron chi connectivity index (χ2n) is 9.09. The summed E-state index contributed by atoms with van der Waals surface area (Å²) in [5.74, 6) is 0.608. The summed E-state index contributed by atoms with van der Waals surface area (Å²) >= 11 is 5.86. The summed E-state index contributed by atoms with van der Waals surface area (Å²) in [5, 5.41) is 3.83. The topological polar surface area (TPSA) is 85.7 Å². The van der Waals surface area contributed by atoms with Gasteiger partial charge in [-0.1, -0.05) is 29.8 Å². The summed E-state index contributed by atoms with van der Waals surface area (Å²) in [6, 6.07) is 13.2. The van der Waals surface area contributed by atoms with Crippen molar-refractivity contribution in [2.75, 3.05) is 32.8 Å². The van der Waals surface area contributed by atoms with Crippen LogP contribution in [0, 0.1) is 0 Å². The van der Waals surface area contributed by atoms with Gasteiger partial charge in [0.1, 0.15) is 12.4 Å². The predicted octanol–water partition coefficient (Wildman–Crippen LogP) is 3.37. The van der Waals surface area contributed by atoms with Crippen LogP contribution in [-0.2, 0) is 29.1 Å². The average molecular weight is 521 g/mol. The van der Waals surface area contributed by atoms with Crippen LogP contribution in [0.5, 0.6) is 5.75 Å². The number of morpholine rings is 1. The molecular weight excluding hydrogens is 492 g/mol. The highest BCUT2D eigenvalue weighted by Crippen LogP contribution is 2.27. The second-order valence-corrected chi connectivity index (χ2v) is 9.53. The minimum absolute atomic E-state index is 0.109. The van der Waals surface area contributed by atoms with E-state index < -0.39 is 0 Å². The van der Waals surface area contributed by atoms with Crippen LogP contribution in [-0.4, -0.2) is 53.2 Å². The number of carbonyl (C=O) groups is 1. The van der Waals surface area contributed by atoms with Crippen molar-refractivity contribution in [3.05, 3.63) is 92.6 Å². The number of ether oxygens (including phenoxy) is 2. The third-order valence-corrected chi connectivity index (χ3v) is 6.75. The molecule has 192 valence electrons. The minimum atomic E-state index is -0.137. The lowest BCUT2D eigenvalue weighted by molar-refractivity contribution is -0.134. The number of halogens is 1. The van der Waals surface area contributed by atoms with E-state index in [9.17, 15) is 9.59 Å². The van der Waals surface area contributed by atoms with Gasteiger partial charge < -0.3 is 19.7 Å². The maximum absolute atomic E-state index is 12.8. The van der Waals surface area contributed by atoms with Crippen LogP contribution in [0.1, 0.15) is 28.8 Å². The van der Waals surface area contributed by atoms with Crippen LogP contribution in [0.4, 0.5) is 0 Å². The molecule has 1 aliphatic heterocycles. The highest BCUT2D eigenvalue weighted by Gasteiger charge is 2.17. The van der Waals surface area contributed by atoms with Gasteiger partial charge in [-0.25, -0.2) is 0 Å². The normalized spacial score (nSPS) is 15.2. The summed E-state index contributed by atoms with van der Waals surface area (Å²) in [5.41, 5.74) is 5.03. The highest BCUT2D eigenvalue weighted by molar-refractivity contribution is 6.30. The first-order chi connectivity index (χ1) is 18.0. The summed E-state index contributed by atoms with van der Waals surface area (Å²) in [7, 11) is 0. The van der Waals surface area contributed by atoms with Crippen LogP contribution in [0.25, 0.3) is 11.8 Å². The number of benzene rings is 1. The molecule has 1 aromatic carbocycles. The number of hydrogen-bond acceptors (Lipinski definition) is 6. The number of aryl methyl sites for hydroxylation is 1. The first-order valence-electron chi connectivity index (χ1n) is 12.4. The van der Waals surface area contributed by atoms with E-state index in [0.29, 0.717) is 50.2 Å². The number of hydrogen-bond donors (Lipinski definition) is 1. The number of carbonyl (C=O) groups excluding carboxylic acids is 1. The quantitative estimate of drug-likeness (QED) is 0.490. The molecule has 8 nitrogen and oxygen atoms in total. The Hall–Kier alpha value is -3.46. The molecule has 0 spiro atoms. The smallest absolute Gasteiger partial charge is 0.258 e. The Morgan fingerprint density at radius 3 is 2.76 bits per heavy atom. The maximum Gasteiger partial charge on any atom is 0.258 e. The molecule has 0 unspecified atom stereocenters. The first kappa shape index (κ1) is 25.2. The third kappa shape index (κ3) is 6.46. The Morgan fingerprint density at radius 2 is 1.97 bits per heavy atom. The minimum Gasteiger partial charge on any atom is -0.487 e. The van der Waals surface area contributed by atoms with E-state index in [-0.39, 0.29) is 18.1 Å². The predicted molar refractivity (Wildman–Crippen MR) is 142 cm³/mol. The number of pyridine rings is 2. The average Bonchev–Trinajstić information content (AvgIpc) is 2.93. The highest BCUT2D eigenvalue weighted by atomic mass is 35.5. The zero-order chi connectivity index (χ0) is 25.6. The van der Waals surface area contributed by atoms with Crippen molar-refractivity contribution in [3.8, 4) is 5.75 Å². The molecule has 1 fully saturated rings. The Labute approximate surface area is 220 Å². The van der Waals surface area contributed by atoms with E-state index in [1.807, 2.05) is 4.90 Å². The van der Waals surface area contributed by atoms with Crippen LogP contribution >= 0.6 is 11.6 Å². The summed E-state index contributed by atoms with van der Waals surface area (Å²) < 4.78 is 12.7. The van der Waals surface area contributed by atoms with E-state index in [1.54, 1.807) is 35.2 Å². The Kier molecular flexibility index (Phi) is 7.99. The number of allylic oxidation sites excluding steroid dienone is 1. The third-order valence-electron chi connectivity index (χ3n) is 6.52. The van der Waals surface area contributed by atoms with Gasteiger partial charge in [0, 0.05) is 43.8 Å². The van der Waals surface area contributed by atoms with Crippen molar-refractivity contribution in [3.63, 3.8) is 0 Å². The number of nitrogens with one attached hydrogen (secondary N) is 1. The molecular formula is C28H29ClN4O4. The van der Waals surface area contributed by atoms with Gasteiger partial charge in [-0.2, -0.15) is 0 Å². The van der Waals surface area contributed by atoms with Crippen LogP contribution in [0.2, 0.25) is 5.02 Å². The number of aromatic nitrogens is 2. The zero-order valence-electron chi connectivity index (χ0n) is 20.5. The van der Waals surface area contributed by atoms with Gasteiger partial charge in [0.15, 0.2) is 0 Å². The number of amides is 1. The monoisotopic (exact) mass is 520 g/mol. The summed E-state index contributed by atoms with van der Waals surface area (Å²) in [4.78, 5) is 31.2. The molecule has 0 bridgehead atoms. The lowest BCUT2D eigenvalue weighted by Crippen LogP contribution is -2.44. The molecule has 0 radical (unpaired) electrons. The molecule has 37 heavy (non-hydrogen) atoms. The fourth-order valence-corrected chi connectivity index (χ4v) is 4.62. The van der Waals surface area contributed by atoms with Gasteiger partial charge >= 0.3 is 0 Å². The van der Waals surface area contributed by atoms with Gasteiger partial charge in [0.25, 0.3) is 5.56 Å². The SMILES string of the molecule is O=C(CNCc1ccc2c(c1)CCC(n1ccc(OCc3ccc(Cl)cn3)cc1=O)=C2)N1CCOCC1. The fourth-order valence-electron chi connectivity index (χ4n) is 4.51. The van der Waals surface area contributed by atoms with Gasteiger partial charge in [-0.3, -0.25) is 19.1 Å². The molecule has 0 saturated carbocycles. The molecule has 2 aromatic heterocycles.